The van der Waals surface area contributed by atoms with Gasteiger partial charge in [0, 0.05) is 16.5 Å². The Labute approximate surface area is 104 Å². The van der Waals surface area contributed by atoms with Crippen molar-refractivity contribution >= 4 is 23.4 Å². The number of aliphatic hydroxyl groups excluding tert-OH is 2. The van der Waals surface area contributed by atoms with Crippen LogP contribution in [0.5, 0.6) is 5.75 Å². The van der Waals surface area contributed by atoms with E-state index >= 15 is 0 Å². The van der Waals surface area contributed by atoms with Gasteiger partial charge in [0.25, 0.3) is 0 Å². The average molecular weight is 263 g/mol. The lowest BCUT2D eigenvalue weighted by Crippen LogP contribution is -2.14. The lowest BCUT2D eigenvalue weighted by molar-refractivity contribution is 0.113. The maximum absolute atomic E-state index is 9.18. The standard InChI is InChI=1S/C11H15ClO3S/c1-15-10-2-3-11(12)8(4-10)6-16-7-9(14)5-13/h2-4,9,13-14H,5-7H2,1H3. The molecule has 1 unspecified atom stereocenters. The smallest absolute Gasteiger partial charge is 0.119 e. The van der Waals surface area contributed by atoms with Gasteiger partial charge in [0.15, 0.2) is 0 Å². The Hall–Kier alpha value is -0.420. The quantitative estimate of drug-likeness (QED) is 0.823. The van der Waals surface area contributed by atoms with Gasteiger partial charge >= 0.3 is 0 Å². The molecule has 3 nitrogen and oxygen atoms in total. The molecule has 0 aliphatic heterocycles. The molecule has 0 spiro atoms. The van der Waals surface area contributed by atoms with Crippen LogP contribution in [-0.4, -0.2) is 35.8 Å². The zero-order valence-electron chi connectivity index (χ0n) is 9.02. The maximum atomic E-state index is 9.18. The molecule has 0 aliphatic rings. The number of rotatable bonds is 6. The van der Waals surface area contributed by atoms with Crippen molar-refractivity contribution < 1.29 is 14.9 Å². The van der Waals surface area contributed by atoms with Crippen molar-refractivity contribution in [2.24, 2.45) is 0 Å². The highest BCUT2D eigenvalue weighted by Crippen LogP contribution is 2.25. The molecule has 1 aromatic carbocycles. The molecule has 0 radical (unpaired) electrons. The number of aliphatic hydroxyl groups is 2. The van der Waals surface area contributed by atoms with Gasteiger partial charge in [-0.1, -0.05) is 11.6 Å². The molecule has 90 valence electrons. The summed E-state index contributed by atoms with van der Waals surface area (Å²) >= 11 is 7.54. The van der Waals surface area contributed by atoms with Crippen LogP contribution in [0.3, 0.4) is 0 Å². The summed E-state index contributed by atoms with van der Waals surface area (Å²) in [5.41, 5.74) is 0.969. The predicted molar refractivity (Wildman–Crippen MR) is 67.3 cm³/mol. The van der Waals surface area contributed by atoms with Gasteiger partial charge in [-0.25, -0.2) is 0 Å². The summed E-state index contributed by atoms with van der Waals surface area (Å²) in [4.78, 5) is 0. The Kier molecular flexibility index (Phi) is 5.98. The number of methoxy groups -OCH3 is 1. The summed E-state index contributed by atoms with van der Waals surface area (Å²) in [5.74, 6) is 1.94. The van der Waals surface area contributed by atoms with Crippen molar-refractivity contribution in [1.82, 2.24) is 0 Å². The third kappa shape index (κ3) is 4.22. The highest BCUT2D eigenvalue weighted by molar-refractivity contribution is 7.98. The fraction of sp³-hybridized carbons (Fsp3) is 0.455. The highest BCUT2D eigenvalue weighted by Gasteiger charge is 2.05. The third-order valence-electron chi connectivity index (χ3n) is 2.03. The molecule has 0 heterocycles. The summed E-state index contributed by atoms with van der Waals surface area (Å²) in [6, 6.07) is 5.47. The van der Waals surface area contributed by atoms with Crippen LogP contribution < -0.4 is 4.74 Å². The topological polar surface area (TPSA) is 49.7 Å². The van der Waals surface area contributed by atoms with Crippen LogP contribution in [0.1, 0.15) is 5.56 Å². The van der Waals surface area contributed by atoms with E-state index in [0.717, 1.165) is 11.3 Å². The van der Waals surface area contributed by atoms with E-state index in [1.165, 1.54) is 11.8 Å². The molecular formula is C11H15ClO3S. The van der Waals surface area contributed by atoms with Gasteiger partial charge in [-0.2, -0.15) is 11.8 Å². The molecule has 1 atom stereocenters. The number of benzene rings is 1. The maximum Gasteiger partial charge on any atom is 0.119 e. The molecule has 0 aromatic heterocycles. The molecule has 5 heteroatoms. The number of hydrogen-bond donors (Lipinski definition) is 2. The highest BCUT2D eigenvalue weighted by atomic mass is 35.5. The summed E-state index contributed by atoms with van der Waals surface area (Å²) < 4.78 is 5.10. The first-order valence-corrected chi connectivity index (χ1v) is 6.39. The van der Waals surface area contributed by atoms with Crippen LogP contribution in [0, 0.1) is 0 Å². The van der Waals surface area contributed by atoms with Gasteiger partial charge in [-0.15, -0.1) is 0 Å². The summed E-state index contributed by atoms with van der Waals surface area (Å²) in [6.07, 6.45) is -0.672. The molecule has 1 aromatic rings. The molecule has 0 bridgehead atoms. The fourth-order valence-electron chi connectivity index (χ4n) is 1.15. The van der Waals surface area contributed by atoms with Crippen LogP contribution >= 0.6 is 23.4 Å². The number of halogens is 1. The monoisotopic (exact) mass is 262 g/mol. The minimum atomic E-state index is -0.672. The third-order valence-corrected chi connectivity index (χ3v) is 3.54. The van der Waals surface area contributed by atoms with Crippen molar-refractivity contribution in [2.75, 3.05) is 19.5 Å². The number of ether oxygens (including phenoxy) is 1. The largest absolute Gasteiger partial charge is 0.497 e. The first kappa shape index (κ1) is 13.6. The molecular weight excluding hydrogens is 248 g/mol. The SMILES string of the molecule is COc1ccc(Cl)c(CSCC(O)CO)c1. The second-order valence-electron chi connectivity index (χ2n) is 3.31. The van der Waals surface area contributed by atoms with Crippen LogP contribution in [0.25, 0.3) is 0 Å². The normalized spacial score (nSPS) is 12.5. The summed E-state index contributed by atoms with van der Waals surface area (Å²) in [6.45, 7) is -0.209. The second kappa shape index (κ2) is 7.01. The van der Waals surface area contributed by atoms with E-state index in [1.54, 1.807) is 19.2 Å². The summed E-state index contributed by atoms with van der Waals surface area (Å²) in [5, 5.41) is 18.5. The first-order valence-electron chi connectivity index (χ1n) is 4.86. The Morgan fingerprint density at radius 3 is 2.88 bits per heavy atom. The van der Waals surface area contributed by atoms with Gasteiger partial charge < -0.3 is 14.9 Å². The van der Waals surface area contributed by atoms with E-state index in [0.29, 0.717) is 16.5 Å². The Morgan fingerprint density at radius 1 is 1.50 bits per heavy atom. The van der Waals surface area contributed by atoms with E-state index in [1.807, 2.05) is 6.07 Å². The van der Waals surface area contributed by atoms with Crippen molar-refractivity contribution in [2.45, 2.75) is 11.9 Å². The molecule has 0 fully saturated rings. The Morgan fingerprint density at radius 2 is 2.25 bits per heavy atom. The van der Waals surface area contributed by atoms with Gasteiger partial charge in [0.2, 0.25) is 0 Å². The van der Waals surface area contributed by atoms with E-state index in [9.17, 15) is 5.11 Å². The van der Waals surface area contributed by atoms with E-state index in [2.05, 4.69) is 0 Å². The van der Waals surface area contributed by atoms with Crippen LogP contribution in [0.2, 0.25) is 5.02 Å². The lowest BCUT2D eigenvalue weighted by Gasteiger charge is -2.09. The van der Waals surface area contributed by atoms with Gasteiger partial charge in [0.05, 0.1) is 19.8 Å². The zero-order valence-corrected chi connectivity index (χ0v) is 10.6. The van der Waals surface area contributed by atoms with Crippen molar-refractivity contribution in [3.63, 3.8) is 0 Å². The van der Waals surface area contributed by atoms with Gasteiger partial charge in [0.1, 0.15) is 5.75 Å². The van der Waals surface area contributed by atoms with E-state index in [-0.39, 0.29) is 6.61 Å². The summed E-state index contributed by atoms with van der Waals surface area (Å²) in [7, 11) is 1.61. The van der Waals surface area contributed by atoms with Crippen LogP contribution in [-0.2, 0) is 5.75 Å². The average Bonchev–Trinajstić information content (AvgIpc) is 2.31. The number of hydrogen-bond acceptors (Lipinski definition) is 4. The molecule has 2 N–H and O–H groups in total. The molecule has 0 saturated heterocycles. The number of thioether (sulfide) groups is 1. The zero-order chi connectivity index (χ0) is 12.0. The first-order chi connectivity index (χ1) is 7.67. The van der Waals surface area contributed by atoms with Crippen LogP contribution in [0.15, 0.2) is 18.2 Å². The van der Waals surface area contributed by atoms with E-state index < -0.39 is 6.10 Å². The van der Waals surface area contributed by atoms with Gasteiger partial charge in [-0.3, -0.25) is 0 Å². The fourth-order valence-corrected chi connectivity index (χ4v) is 2.36. The van der Waals surface area contributed by atoms with Crippen molar-refractivity contribution in [3.05, 3.63) is 28.8 Å². The predicted octanol–water partition coefficient (Wildman–Crippen LogP) is 1.93. The molecule has 16 heavy (non-hydrogen) atoms. The Balaban J connectivity index is 2.52. The second-order valence-corrected chi connectivity index (χ2v) is 4.75. The molecule has 0 amide bonds. The molecule has 1 rings (SSSR count). The molecule has 0 aliphatic carbocycles. The van der Waals surface area contributed by atoms with Crippen LogP contribution in [0.4, 0.5) is 0 Å². The van der Waals surface area contributed by atoms with Crippen molar-refractivity contribution in [1.29, 1.82) is 0 Å². The minimum absolute atomic E-state index is 0.209. The minimum Gasteiger partial charge on any atom is -0.497 e. The molecule has 0 saturated carbocycles. The van der Waals surface area contributed by atoms with Crippen molar-refractivity contribution in [3.8, 4) is 5.75 Å². The lowest BCUT2D eigenvalue weighted by atomic mass is 10.2. The van der Waals surface area contributed by atoms with Gasteiger partial charge in [-0.05, 0) is 23.8 Å². The Bertz CT molecular complexity index is 333. The van der Waals surface area contributed by atoms with E-state index in [4.69, 9.17) is 21.4 Å².